The van der Waals surface area contributed by atoms with E-state index in [0.29, 0.717) is 19.8 Å². The van der Waals surface area contributed by atoms with Crippen molar-refractivity contribution in [3.63, 3.8) is 0 Å². The molecule has 0 radical (unpaired) electrons. The van der Waals surface area contributed by atoms with Crippen LogP contribution in [0.25, 0.3) is 0 Å². The topological polar surface area (TPSA) is 24.5 Å². The quantitative estimate of drug-likeness (QED) is 0.906. The van der Waals surface area contributed by atoms with E-state index in [1.54, 1.807) is 6.07 Å². The predicted molar refractivity (Wildman–Crippen MR) is 76.0 cm³/mol. The third-order valence-electron chi connectivity index (χ3n) is 3.55. The van der Waals surface area contributed by atoms with Crippen molar-refractivity contribution < 1.29 is 9.13 Å². The van der Waals surface area contributed by atoms with Crippen molar-refractivity contribution in [1.82, 2.24) is 5.32 Å². The van der Waals surface area contributed by atoms with Gasteiger partial charge in [0.25, 0.3) is 0 Å². The van der Waals surface area contributed by atoms with Crippen molar-refractivity contribution in [2.75, 3.05) is 31.2 Å². The number of halogens is 1. The van der Waals surface area contributed by atoms with Crippen molar-refractivity contribution in [1.29, 1.82) is 0 Å². The Morgan fingerprint density at radius 3 is 2.89 bits per heavy atom. The minimum atomic E-state index is -0.179. The van der Waals surface area contributed by atoms with Crippen molar-refractivity contribution >= 4 is 5.69 Å². The standard InChI is InChI=1S/C15H23FN2O/c1-4-17-10-12-6-5-7-13(16)14(12)18-8-9-19-11-15(18,2)3/h5-7,17H,4,8-11H2,1-3H3. The molecule has 1 aromatic carbocycles. The van der Waals surface area contributed by atoms with Crippen molar-refractivity contribution in [2.24, 2.45) is 0 Å². The van der Waals surface area contributed by atoms with Crippen LogP contribution in [0.2, 0.25) is 0 Å². The Hall–Kier alpha value is -1.13. The fraction of sp³-hybridized carbons (Fsp3) is 0.600. The summed E-state index contributed by atoms with van der Waals surface area (Å²) in [6.07, 6.45) is 0. The number of hydrogen-bond acceptors (Lipinski definition) is 3. The molecule has 0 aliphatic carbocycles. The van der Waals surface area contributed by atoms with Gasteiger partial charge in [-0.1, -0.05) is 19.1 Å². The molecule has 1 fully saturated rings. The van der Waals surface area contributed by atoms with Gasteiger partial charge in [0.1, 0.15) is 5.82 Å². The number of ether oxygens (including phenoxy) is 1. The van der Waals surface area contributed by atoms with Crippen LogP contribution in [0.15, 0.2) is 18.2 Å². The van der Waals surface area contributed by atoms with Gasteiger partial charge in [-0.25, -0.2) is 4.39 Å². The molecular weight excluding hydrogens is 243 g/mol. The molecule has 0 amide bonds. The number of nitrogens with one attached hydrogen (secondary N) is 1. The second-order valence-corrected chi connectivity index (χ2v) is 5.54. The van der Waals surface area contributed by atoms with E-state index in [0.717, 1.165) is 24.3 Å². The van der Waals surface area contributed by atoms with E-state index in [-0.39, 0.29) is 11.4 Å². The van der Waals surface area contributed by atoms with E-state index in [1.165, 1.54) is 6.07 Å². The van der Waals surface area contributed by atoms with Crippen LogP contribution >= 0.6 is 0 Å². The van der Waals surface area contributed by atoms with Gasteiger partial charge in [-0.15, -0.1) is 0 Å². The van der Waals surface area contributed by atoms with Gasteiger partial charge in [0.2, 0.25) is 0 Å². The van der Waals surface area contributed by atoms with Gasteiger partial charge >= 0.3 is 0 Å². The van der Waals surface area contributed by atoms with Crippen LogP contribution < -0.4 is 10.2 Å². The summed E-state index contributed by atoms with van der Waals surface area (Å²) in [7, 11) is 0. The van der Waals surface area contributed by atoms with Gasteiger partial charge in [0.15, 0.2) is 0 Å². The van der Waals surface area contributed by atoms with Gasteiger partial charge in [0, 0.05) is 13.1 Å². The van der Waals surface area contributed by atoms with Crippen LogP contribution in [0, 0.1) is 5.82 Å². The monoisotopic (exact) mass is 266 g/mol. The third-order valence-corrected chi connectivity index (χ3v) is 3.55. The highest BCUT2D eigenvalue weighted by Crippen LogP contribution is 2.32. The number of hydrogen-bond donors (Lipinski definition) is 1. The molecule has 0 atom stereocenters. The molecule has 0 bridgehead atoms. The van der Waals surface area contributed by atoms with Crippen LogP contribution in [0.3, 0.4) is 0 Å². The molecule has 3 nitrogen and oxygen atoms in total. The SMILES string of the molecule is CCNCc1cccc(F)c1N1CCOCC1(C)C. The van der Waals surface area contributed by atoms with Crippen LogP contribution in [0.5, 0.6) is 0 Å². The van der Waals surface area contributed by atoms with Gasteiger partial charge in [-0.3, -0.25) is 0 Å². The molecule has 1 aliphatic heterocycles. The largest absolute Gasteiger partial charge is 0.377 e. The highest BCUT2D eigenvalue weighted by Gasteiger charge is 2.33. The zero-order valence-electron chi connectivity index (χ0n) is 12.0. The second kappa shape index (κ2) is 5.88. The zero-order valence-corrected chi connectivity index (χ0v) is 12.0. The summed E-state index contributed by atoms with van der Waals surface area (Å²) in [5, 5.41) is 3.27. The van der Waals surface area contributed by atoms with E-state index in [4.69, 9.17) is 4.74 Å². The number of benzene rings is 1. The average molecular weight is 266 g/mol. The molecule has 19 heavy (non-hydrogen) atoms. The molecule has 0 aromatic heterocycles. The van der Waals surface area contributed by atoms with Crippen molar-refractivity contribution in [3.8, 4) is 0 Å². The van der Waals surface area contributed by atoms with E-state index in [1.807, 2.05) is 6.07 Å². The van der Waals surface area contributed by atoms with E-state index < -0.39 is 0 Å². The first-order chi connectivity index (χ1) is 9.06. The van der Waals surface area contributed by atoms with Gasteiger partial charge < -0.3 is 15.0 Å². The molecule has 0 saturated carbocycles. The molecule has 1 aliphatic rings. The fourth-order valence-corrected chi connectivity index (χ4v) is 2.54. The minimum absolute atomic E-state index is 0.148. The lowest BCUT2D eigenvalue weighted by atomic mass is 9.99. The molecule has 1 N–H and O–H groups in total. The fourth-order valence-electron chi connectivity index (χ4n) is 2.54. The van der Waals surface area contributed by atoms with Crippen LogP contribution in [-0.4, -0.2) is 31.8 Å². The van der Waals surface area contributed by atoms with E-state index >= 15 is 0 Å². The first-order valence-electron chi connectivity index (χ1n) is 6.90. The smallest absolute Gasteiger partial charge is 0.146 e. The Kier molecular flexibility index (Phi) is 4.42. The molecule has 106 valence electrons. The molecule has 0 unspecified atom stereocenters. The van der Waals surface area contributed by atoms with Crippen LogP contribution in [0.1, 0.15) is 26.3 Å². The Balaban J connectivity index is 2.36. The van der Waals surface area contributed by atoms with Crippen LogP contribution in [-0.2, 0) is 11.3 Å². The summed E-state index contributed by atoms with van der Waals surface area (Å²) in [5.41, 5.74) is 1.55. The summed E-state index contributed by atoms with van der Waals surface area (Å²) in [5.74, 6) is -0.148. The minimum Gasteiger partial charge on any atom is -0.377 e. The summed E-state index contributed by atoms with van der Waals surface area (Å²) >= 11 is 0. The summed E-state index contributed by atoms with van der Waals surface area (Å²) < 4.78 is 19.8. The molecular formula is C15H23FN2O. The maximum Gasteiger partial charge on any atom is 0.146 e. The maximum atomic E-state index is 14.3. The number of rotatable bonds is 4. The van der Waals surface area contributed by atoms with Crippen molar-refractivity contribution in [3.05, 3.63) is 29.6 Å². The first kappa shape index (κ1) is 14.3. The molecule has 1 heterocycles. The Bertz CT molecular complexity index is 434. The molecule has 1 saturated heterocycles. The Labute approximate surface area is 114 Å². The second-order valence-electron chi connectivity index (χ2n) is 5.54. The summed E-state index contributed by atoms with van der Waals surface area (Å²) in [4.78, 5) is 2.14. The number of anilines is 1. The lowest BCUT2D eigenvalue weighted by Gasteiger charge is -2.44. The average Bonchev–Trinajstić information content (AvgIpc) is 2.37. The number of para-hydroxylation sites is 1. The van der Waals surface area contributed by atoms with E-state index in [9.17, 15) is 4.39 Å². The first-order valence-corrected chi connectivity index (χ1v) is 6.90. The van der Waals surface area contributed by atoms with Gasteiger partial charge in [0.05, 0.1) is 24.4 Å². The number of nitrogens with zero attached hydrogens (tertiary/aromatic N) is 1. The van der Waals surface area contributed by atoms with Crippen molar-refractivity contribution in [2.45, 2.75) is 32.9 Å². The Morgan fingerprint density at radius 2 is 2.21 bits per heavy atom. The van der Waals surface area contributed by atoms with Crippen LogP contribution in [0.4, 0.5) is 10.1 Å². The Morgan fingerprint density at radius 1 is 1.42 bits per heavy atom. The third kappa shape index (κ3) is 3.07. The number of morpholine rings is 1. The zero-order chi connectivity index (χ0) is 13.9. The summed E-state index contributed by atoms with van der Waals surface area (Å²) in [6.45, 7) is 9.82. The van der Waals surface area contributed by atoms with Gasteiger partial charge in [-0.2, -0.15) is 0 Å². The summed E-state index contributed by atoms with van der Waals surface area (Å²) in [6, 6.07) is 5.31. The molecule has 0 spiro atoms. The highest BCUT2D eigenvalue weighted by molar-refractivity contribution is 5.57. The lowest BCUT2D eigenvalue weighted by Crippen LogP contribution is -2.54. The molecule has 4 heteroatoms. The normalized spacial score (nSPS) is 18.6. The van der Waals surface area contributed by atoms with Gasteiger partial charge in [-0.05, 0) is 32.0 Å². The maximum absolute atomic E-state index is 14.3. The molecule has 2 rings (SSSR count). The van der Waals surface area contributed by atoms with E-state index in [2.05, 4.69) is 31.0 Å². The lowest BCUT2D eigenvalue weighted by molar-refractivity contribution is 0.0638. The molecule has 1 aromatic rings. The highest BCUT2D eigenvalue weighted by atomic mass is 19.1. The predicted octanol–water partition coefficient (Wildman–Crippen LogP) is 2.55.